The number of nitrogens with one attached hydrogen (secondary N) is 1. The van der Waals surface area contributed by atoms with Crippen LogP contribution in [0.2, 0.25) is 0 Å². The molecule has 0 aliphatic heterocycles. The second kappa shape index (κ2) is 5.75. The number of alkyl halides is 3. The van der Waals surface area contributed by atoms with E-state index in [1.807, 2.05) is 18.2 Å². The monoisotopic (exact) mass is 289 g/mol. The number of nitrogens with two attached hydrogens (primary N) is 1. The summed E-state index contributed by atoms with van der Waals surface area (Å²) >= 11 is 1.40. The van der Waals surface area contributed by atoms with Crippen LogP contribution in [0.5, 0.6) is 0 Å². The number of nitrogen functional groups attached to an aromatic ring is 1. The van der Waals surface area contributed by atoms with E-state index in [4.69, 9.17) is 5.73 Å². The summed E-state index contributed by atoms with van der Waals surface area (Å²) in [7, 11) is 0. The summed E-state index contributed by atoms with van der Waals surface area (Å²) in [5, 5.41) is 3.52. The molecule has 0 spiro atoms. The first-order valence-electron chi connectivity index (χ1n) is 5.86. The van der Waals surface area contributed by atoms with Gasteiger partial charge in [0.25, 0.3) is 0 Å². The predicted molar refractivity (Wildman–Crippen MR) is 71.0 cm³/mol. The van der Waals surface area contributed by atoms with Crippen molar-refractivity contribution in [2.24, 2.45) is 0 Å². The lowest BCUT2D eigenvalue weighted by molar-refractivity contribution is -0.135. The van der Waals surface area contributed by atoms with E-state index < -0.39 is 12.6 Å². The zero-order valence-electron chi connectivity index (χ0n) is 10.1. The quantitative estimate of drug-likeness (QED) is 0.830. The number of thiazole rings is 1. The number of anilines is 1. The van der Waals surface area contributed by atoms with Gasteiger partial charge in [-0.25, -0.2) is 4.98 Å². The van der Waals surface area contributed by atoms with Gasteiger partial charge < -0.3 is 11.1 Å². The Bertz CT molecular complexity index is 551. The first-order valence-corrected chi connectivity index (χ1v) is 6.68. The molecule has 104 valence electrons. The van der Waals surface area contributed by atoms with Crippen molar-refractivity contribution in [1.29, 1.82) is 0 Å². The summed E-state index contributed by atoms with van der Waals surface area (Å²) in [5.74, 6) is 0. The lowest BCUT2D eigenvalue weighted by atomic mass is 10.2. The number of rotatable bonds is 5. The molecule has 0 aliphatic rings. The van der Waals surface area contributed by atoms with Crippen LogP contribution in [-0.4, -0.2) is 17.7 Å². The highest BCUT2D eigenvalue weighted by atomic mass is 32.1. The minimum atomic E-state index is -4.07. The molecule has 1 heterocycles. The second-order valence-corrected chi connectivity index (χ2v) is 5.31. The third kappa shape index (κ3) is 4.36. The van der Waals surface area contributed by atoms with Crippen molar-refractivity contribution < 1.29 is 13.2 Å². The number of hydrogen-bond acceptors (Lipinski definition) is 4. The van der Waals surface area contributed by atoms with Gasteiger partial charge in [-0.15, -0.1) is 0 Å². The number of halogens is 3. The van der Waals surface area contributed by atoms with E-state index in [-0.39, 0.29) is 6.42 Å². The highest BCUT2D eigenvalue weighted by Crippen LogP contribution is 2.24. The number of fused-ring (bicyclic) bond motifs is 1. The molecule has 0 fully saturated rings. The summed E-state index contributed by atoms with van der Waals surface area (Å²) in [6.07, 6.45) is -4.72. The molecule has 2 rings (SSSR count). The molecular formula is C12H14F3N3S. The molecule has 0 aliphatic carbocycles. The van der Waals surface area contributed by atoms with Crippen LogP contribution < -0.4 is 11.1 Å². The van der Waals surface area contributed by atoms with Crippen LogP contribution in [0, 0.1) is 0 Å². The maximum absolute atomic E-state index is 11.9. The van der Waals surface area contributed by atoms with Gasteiger partial charge in [0.05, 0.1) is 10.2 Å². The van der Waals surface area contributed by atoms with Crippen molar-refractivity contribution in [2.75, 3.05) is 12.3 Å². The molecule has 1 aromatic carbocycles. The van der Waals surface area contributed by atoms with Gasteiger partial charge in [-0.3, -0.25) is 0 Å². The zero-order chi connectivity index (χ0) is 13.9. The van der Waals surface area contributed by atoms with Gasteiger partial charge in [0.15, 0.2) is 5.13 Å². The van der Waals surface area contributed by atoms with Crippen LogP contribution in [0.1, 0.15) is 18.4 Å². The van der Waals surface area contributed by atoms with E-state index in [0.29, 0.717) is 18.2 Å². The van der Waals surface area contributed by atoms with Crippen molar-refractivity contribution in [3.63, 3.8) is 0 Å². The lowest BCUT2D eigenvalue weighted by Gasteiger charge is -2.07. The van der Waals surface area contributed by atoms with Gasteiger partial charge in [-0.05, 0) is 30.7 Å². The maximum Gasteiger partial charge on any atom is 0.389 e. The second-order valence-electron chi connectivity index (χ2n) is 4.25. The van der Waals surface area contributed by atoms with Gasteiger partial charge in [-0.1, -0.05) is 17.4 Å². The van der Waals surface area contributed by atoms with Crippen LogP contribution in [0.4, 0.5) is 18.3 Å². The van der Waals surface area contributed by atoms with Crippen LogP contribution >= 0.6 is 11.3 Å². The molecule has 3 N–H and O–H groups in total. The van der Waals surface area contributed by atoms with Crippen molar-refractivity contribution in [3.8, 4) is 0 Å². The van der Waals surface area contributed by atoms with E-state index in [1.54, 1.807) is 0 Å². The highest BCUT2D eigenvalue weighted by Gasteiger charge is 2.25. The average molecular weight is 289 g/mol. The minimum Gasteiger partial charge on any atom is -0.375 e. The summed E-state index contributed by atoms with van der Waals surface area (Å²) < 4.78 is 36.8. The minimum absolute atomic E-state index is 0.0965. The molecule has 1 aromatic heterocycles. The Morgan fingerprint density at radius 2 is 2.11 bits per heavy atom. The summed E-state index contributed by atoms with van der Waals surface area (Å²) in [4.78, 5) is 4.14. The smallest absolute Gasteiger partial charge is 0.375 e. The fraction of sp³-hybridized carbons (Fsp3) is 0.417. The van der Waals surface area contributed by atoms with Crippen molar-refractivity contribution in [2.45, 2.75) is 25.6 Å². The van der Waals surface area contributed by atoms with Crippen LogP contribution in [0.15, 0.2) is 18.2 Å². The first kappa shape index (κ1) is 14.1. The number of hydrogen-bond donors (Lipinski definition) is 2. The Labute approximate surface area is 112 Å². The highest BCUT2D eigenvalue weighted by molar-refractivity contribution is 7.22. The molecule has 0 atom stereocenters. The van der Waals surface area contributed by atoms with E-state index in [9.17, 15) is 13.2 Å². The van der Waals surface area contributed by atoms with Gasteiger partial charge in [0.2, 0.25) is 0 Å². The van der Waals surface area contributed by atoms with Gasteiger partial charge in [0, 0.05) is 13.0 Å². The van der Waals surface area contributed by atoms with Gasteiger partial charge in [0.1, 0.15) is 0 Å². The summed E-state index contributed by atoms with van der Waals surface area (Å²) in [6, 6.07) is 5.73. The number of nitrogens with zero attached hydrogens (tertiary/aromatic N) is 1. The van der Waals surface area contributed by atoms with Crippen LogP contribution in [0.25, 0.3) is 10.2 Å². The zero-order valence-corrected chi connectivity index (χ0v) is 10.9. The molecule has 19 heavy (non-hydrogen) atoms. The maximum atomic E-state index is 11.9. The molecule has 0 unspecified atom stereocenters. The molecule has 2 aromatic rings. The molecule has 0 saturated carbocycles. The predicted octanol–water partition coefficient (Wildman–Crippen LogP) is 3.31. The Morgan fingerprint density at radius 3 is 2.84 bits per heavy atom. The van der Waals surface area contributed by atoms with E-state index in [1.165, 1.54) is 11.3 Å². The Hall–Kier alpha value is -1.34. The third-order valence-corrected chi connectivity index (χ3v) is 3.46. The number of aromatic nitrogens is 1. The van der Waals surface area contributed by atoms with E-state index in [0.717, 1.165) is 15.8 Å². The molecule has 0 saturated heterocycles. The molecule has 0 bridgehead atoms. The van der Waals surface area contributed by atoms with Crippen LogP contribution in [-0.2, 0) is 6.54 Å². The first-order chi connectivity index (χ1) is 8.94. The molecule has 0 amide bonds. The third-order valence-electron chi connectivity index (χ3n) is 2.61. The Kier molecular flexibility index (Phi) is 4.26. The van der Waals surface area contributed by atoms with Gasteiger partial charge >= 0.3 is 6.18 Å². The summed E-state index contributed by atoms with van der Waals surface area (Å²) in [5.41, 5.74) is 7.47. The van der Waals surface area contributed by atoms with Crippen molar-refractivity contribution in [1.82, 2.24) is 10.3 Å². The fourth-order valence-electron chi connectivity index (χ4n) is 1.74. The van der Waals surface area contributed by atoms with Crippen molar-refractivity contribution in [3.05, 3.63) is 23.8 Å². The average Bonchev–Trinajstić information content (AvgIpc) is 2.66. The summed E-state index contributed by atoms with van der Waals surface area (Å²) in [6.45, 7) is 0.897. The largest absolute Gasteiger partial charge is 0.389 e. The molecular weight excluding hydrogens is 275 g/mol. The number of benzene rings is 1. The molecule has 7 heteroatoms. The van der Waals surface area contributed by atoms with E-state index >= 15 is 0 Å². The van der Waals surface area contributed by atoms with Crippen molar-refractivity contribution >= 4 is 26.7 Å². The SMILES string of the molecule is Nc1nc2ccc(CNCCCC(F)(F)F)cc2s1. The molecule has 0 radical (unpaired) electrons. The standard InChI is InChI=1S/C12H14F3N3S/c13-12(14,15)4-1-5-17-7-8-2-3-9-10(6-8)19-11(16)18-9/h2-3,6,17H,1,4-5,7H2,(H2,16,18). The normalized spacial score (nSPS) is 12.2. The molecule has 3 nitrogen and oxygen atoms in total. The Balaban J connectivity index is 1.81. The fourth-order valence-corrected chi connectivity index (χ4v) is 2.54. The Morgan fingerprint density at radius 1 is 1.32 bits per heavy atom. The van der Waals surface area contributed by atoms with Gasteiger partial charge in [-0.2, -0.15) is 13.2 Å². The topological polar surface area (TPSA) is 50.9 Å². The van der Waals surface area contributed by atoms with E-state index in [2.05, 4.69) is 10.3 Å². The van der Waals surface area contributed by atoms with Crippen LogP contribution in [0.3, 0.4) is 0 Å². The lowest BCUT2D eigenvalue weighted by Crippen LogP contribution is -2.17.